The molecule has 0 aromatic heterocycles. The highest BCUT2D eigenvalue weighted by Crippen LogP contribution is 2.26. The van der Waals surface area contributed by atoms with Gasteiger partial charge in [0.2, 0.25) is 0 Å². The quantitative estimate of drug-likeness (QED) is 0.742. The normalized spacial score (nSPS) is 19.2. The highest BCUT2D eigenvalue weighted by molar-refractivity contribution is 6.02. The second-order valence-corrected chi connectivity index (χ2v) is 5.75. The van der Waals surface area contributed by atoms with Gasteiger partial charge in [0.1, 0.15) is 0 Å². The number of ether oxygens (including phenoxy) is 2. The summed E-state index contributed by atoms with van der Waals surface area (Å²) in [5, 5.41) is 0. The van der Waals surface area contributed by atoms with E-state index >= 15 is 0 Å². The molecular formula is C16H24O4. The van der Waals surface area contributed by atoms with Crippen LogP contribution in [-0.4, -0.2) is 24.1 Å². The predicted octanol–water partition coefficient (Wildman–Crippen LogP) is 3.17. The summed E-state index contributed by atoms with van der Waals surface area (Å²) in [5.74, 6) is -0.583. The topological polar surface area (TPSA) is 52.6 Å². The van der Waals surface area contributed by atoms with Crippen molar-refractivity contribution in [2.45, 2.75) is 59.7 Å². The number of hydrogen-bond acceptors (Lipinski definition) is 4. The van der Waals surface area contributed by atoms with Crippen LogP contribution in [-0.2, 0) is 19.1 Å². The molecule has 1 atom stereocenters. The van der Waals surface area contributed by atoms with Crippen molar-refractivity contribution in [3.05, 3.63) is 23.3 Å². The number of carbonyl (C=O) groups excluding carboxylic acids is 2. The molecule has 1 unspecified atom stereocenters. The molecule has 1 aliphatic carbocycles. The van der Waals surface area contributed by atoms with Gasteiger partial charge in [-0.15, -0.1) is 0 Å². The molecule has 0 aromatic carbocycles. The van der Waals surface area contributed by atoms with Crippen molar-refractivity contribution in [1.82, 2.24) is 0 Å². The van der Waals surface area contributed by atoms with Crippen LogP contribution in [0.25, 0.3) is 0 Å². The molecule has 0 N–H and O–H groups in total. The van der Waals surface area contributed by atoms with Crippen LogP contribution in [0.3, 0.4) is 0 Å². The van der Waals surface area contributed by atoms with E-state index in [2.05, 4.69) is 0 Å². The summed E-state index contributed by atoms with van der Waals surface area (Å²) in [6.45, 7) is 9.20. The van der Waals surface area contributed by atoms with Gasteiger partial charge in [-0.2, -0.15) is 0 Å². The van der Waals surface area contributed by atoms with Gasteiger partial charge in [-0.25, -0.2) is 9.59 Å². The Hall–Kier alpha value is -1.58. The molecule has 0 saturated carbocycles. The van der Waals surface area contributed by atoms with Gasteiger partial charge >= 0.3 is 11.9 Å². The maximum atomic E-state index is 12.2. The Bertz CT molecular complexity index is 430. The molecule has 0 amide bonds. The first-order valence-corrected chi connectivity index (χ1v) is 7.12. The minimum Gasteiger partial charge on any atom is -0.460 e. The average molecular weight is 280 g/mol. The summed E-state index contributed by atoms with van der Waals surface area (Å²) in [6.07, 6.45) is 4.53. The van der Waals surface area contributed by atoms with Gasteiger partial charge in [0.25, 0.3) is 0 Å². The lowest BCUT2D eigenvalue weighted by Gasteiger charge is -2.15. The summed E-state index contributed by atoms with van der Waals surface area (Å²) in [4.78, 5) is 24.3. The third-order valence-electron chi connectivity index (χ3n) is 2.85. The average Bonchev–Trinajstić information content (AvgIpc) is 2.49. The van der Waals surface area contributed by atoms with Gasteiger partial charge in [-0.05, 0) is 46.5 Å². The van der Waals surface area contributed by atoms with Gasteiger partial charge < -0.3 is 9.47 Å². The summed E-state index contributed by atoms with van der Waals surface area (Å²) >= 11 is 0. The lowest BCUT2D eigenvalue weighted by molar-refractivity contribution is -0.146. The van der Waals surface area contributed by atoms with Gasteiger partial charge in [0.05, 0.1) is 23.4 Å². The van der Waals surface area contributed by atoms with Crippen molar-refractivity contribution < 1.29 is 19.1 Å². The Morgan fingerprint density at radius 1 is 1.10 bits per heavy atom. The summed E-state index contributed by atoms with van der Waals surface area (Å²) in [7, 11) is 0. The predicted molar refractivity (Wildman–Crippen MR) is 77.0 cm³/mol. The third kappa shape index (κ3) is 4.83. The fourth-order valence-electron chi connectivity index (χ4n) is 2.01. The molecule has 1 aliphatic rings. The molecule has 112 valence electrons. The molecule has 0 aromatic rings. The summed E-state index contributed by atoms with van der Waals surface area (Å²) < 4.78 is 10.5. The second kappa shape index (κ2) is 7.27. The van der Waals surface area contributed by atoms with Crippen LogP contribution >= 0.6 is 0 Å². The molecule has 0 saturated heterocycles. The van der Waals surface area contributed by atoms with E-state index in [0.717, 1.165) is 6.42 Å². The molecule has 0 heterocycles. The zero-order valence-corrected chi connectivity index (χ0v) is 12.9. The number of carbonyl (C=O) groups is 2. The summed E-state index contributed by atoms with van der Waals surface area (Å²) in [6, 6.07) is 0. The molecule has 0 fully saturated rings. The van der Waals surface area contributed by atoms with E-state index in [4.69, 9.17) is 9.47 Å². The fraction of sp³-hybridized carbons (Fsp3) is 0.625. The van der Waals surface area contributed by atoms with Gasteiger partial charge in [0.15, 0.2) is 0 Å². The minimum atomic E-state index is -0.457. The van der Waals surface area contributed by atoms with Crippen LogP contribution in [0.2, 0.25) is 0 Å². The van der Waals surface area contributed by atoms with Crippen molar-refractivity contribution in [1.29, 1.82) is 0 Å². The van der Waals surface area contributed by atoms with Crippen molar-refractivity contribution >= 4 is 11.9 Å². The zero-order valence-electron chi connectivity index (χ0n) is 12.9. The Kier molecular flexibility index (Phi) is 5.99. The van der Waals surface area contributed by atoms with E-state index in [0.29, 0.717) is 23.5 Å². The smallest absolute Gasteiger partial charge is 0.338 e. The first-order chi connectivity index (χ1) is 9.31. The maximum absolute atomic E-state index is 12.2. The molecule has 1 rings (SSSR count). The molecule has 0 aliphatic heterocycles. The van der Waals surface area contributed by atoms with Crippen molar-refractivity contribution in [3.63, 3.8) is 0 Å². The Morgan fingerprint density at radius 2 is 1.65 bits per heavy atom. The number of rotatable bonds is 4. The van der Waals surface area contributed by atoms with E-state index in [1.54, 1.807) is 33.8 Å². The van der Waals surface area contributed by atoms with Gasteiger partial charge in [-0.3, -0.25) is 0 Å². The minimum absolute atomic E-state index is 0.208. The van der Waals surface area contributed by atoms with E-state index in [-0.39, 0.29) is 12.2 Å². The first-order valence-electron chi connectivity index (χ1n) is 7.12. The van der Waals surface area contributed by atoms with E-state index < -0.39 is 11.9 Å². The van der Waals surface area contributed by atoms with Crippen LogP contribution < -0.4 is 0 Å². The largest absolute Gasteiger partial charge is 0.460 e. The second-order valence-electron chi connectivity index (χ2n) is 5.75. The van der Waals surface area contributed by atoms with Crippen LogP contribution in [0.15, 0.2) is 23.3 Å². The number of esters is 2. The van der Waals surface area contributed by atoms with Crippen LogP contribution in [0.5, 0.6) is 0 Å². The SMILES string of the molecule is CC1CC=CC(C(=O)OC(C)C)=C(C(=O)OC(C)C)C1. The molecule has 4 heteroatoms. The lowest BCUT2D eigenvalue weighted by Crippen LogP contribution is -2.20. The Morgan fingerprint density at radius 3 is 2.20 bits per heavy atom. The summed E-state index contributed by atoms with van der Waals surface area (Å²) in [5.41, 5.74) is 0.749. The lowest BCUT2D eigenvalue weighted by atomic mass is 9.97. The number of hydrogen-bond donors (Lipinski definition) is 0. The zero-order chi connectivity index (χ0) is 15.3. The van der Waals surface area contributed by atoms with Crippen LogP contribution in [0.4, 0.5) is 0 Å². The van der Waals surface area contributed by atoms with Crippen molar-refractivity contribution in [2.24, 2.45) is 5.92 Å². The standard InChI is InChI=1S/C16H24O4/c1-10(2)19-15(17)13-8-6-7-12(5)9-14(13)16(18)20-11(3)4/h6,8,10-12H,7,9H2,1-5H3. The molecule has 20 heavy (non-hydrogen) atoms. The van der Waals surface area contributed by atoms with E-state index in [1.807, 2.05) is 13.0 Å². The maximum Gasteiger partial charge on any atom is 0.338 e. The molecular weight excluding hydrogens is 256 g/mol. The van der Waals surface area contributed by atoms with Crippen LogP contribution in [0, 0.1) is 5.92 Å². The Labute approximate surface area is 120 Å². The fourth-order valence-corrected chi connectivity index (χ4v) is 2.01. The molecule has 0 bridgehead atoms. The van der Waals surface area contributed by atoms with Crippen LogP contribution in [0.1, 0.15) is 47.5 Å². The Balaban J connectivity index is 3.09. The monoisotopic (exact) mass is 280 g/mol. The third-order valence-corrected chi connectivity index (χ3v) is 2.85. The van der Waals surface area contributed by atoms with E-state index in [1.165, 1.54) is 0 Å². The molecule has 0 spiro atoms. The van der Waals surface area contributed by atoms with E-state index in [9.17, 15) is 9.59 Å². The molecule has 4 nitrogen and oxygen atoms in total. The van der Waals surface area contributed by atoms with Crippen molar-refractivity contribution in [2.75, 3.05) is 0 Å². The first kappa shape index (κ1) is 16.5. The van der Waals surface area contributed by atoms with Gasteiger partial charge in [0, 0.05) is 0 Å². The highest BCUT2D eigenvalue weighted by atomic mass is 16.5. The molecule has 0 radical (unpaired) electrons. The number of allylic oxidation sites excluding steroid dienone is 1. The highest BCUT2D eigenvalue weighted by Gasteiger charge is 2.26. The van der Waals surface area contributed by atoms with Crippen molar-refractivity contribution in [3.8, 4) is 0 Å². The van der Waals surface area contributed by atoms with Gasteiger partial charge in [-0.1, -0.05) is 19.1 Å².